The molecule has 0 spiro atoms. The summed E-state index contributed by atoms with van der Waals surface area (Å²) in [6.07, 6.45) is 3.60. The minimum absolute atomic E-state index is 0.582. The standard InChI is InChI=1S/C16H27NO/c1-5-13(3)11-15(17-6-2)12-14-7-9-16(18-4)10-8-14/h7-10,13,15,17H,5-6,11-12H2,1-4H3. The minimum atomic E-state index is 0.582. The van der Waals surface area contributed by atoms with Gasteiger partial charge in [0.05, 0.1) is 7.11 Å². The van der Waals surface area contributed by atoms with Crippen LogP contribution in [0, 0.1) is 5.92 Å². The summed E-state index contributed by atoms with van der Waals surface area (Å²) in [5.41, 5.74) is 1.38. The molecule has 0 aliphatic heterocycles. The Bertz CT molecular complexity index is 320. The molecular weight excluding hydrogens is 222 g/mol. The van der Waals surface area contributed by atoms with E-state index in [1.54, 1.807) is 7.11 Å². The van der Waals surface area contributed by atoms with Crippen molar-refractivity contribution < 1.29 is 4.74 Å². The third-order valence-electron chi connectivity index (χ3n) is 3.52. The molecule has 0 fully saturated rings. The van der Waals surface area contributed by atoms with Crippen LogP contribution in [0.15, 0.2) is 24.3 Å². The SMILES string of the molecule is CCNC(Cc1ccc(OC)cc1)CC(C)CC. The second-order valence-electron chi connectivity index (χ2n) is 5.06. The highest BCUT2D eigenvalue weighted by Crippen LogP contribution is 2.16. The van der Waals surface area contributed by atoms with Crippen molar-refractivity contribution in [3.8, 4) is 5.75 Å². The molecule has 0 radical (unpaired) electrons. The zero-order chi connectivity index (χ0) is 13.4. The first-order valence-electron chi connectivity index (χ1n) is 7.05. The zero-order valence-electron chi connectivity index (χ0n) is 12.2. The first kappa shape index (κ1) is 15.0. The molecule has 2 unspecified atom stereocenters. The van der Waals surface area contributed by atoms with Crippen LogP contribution in [0.1, 0.15) is 39.2 Å². The topological polar surface area (TPSA) is 21.3 Å². The van der Waals surface area contributed by atoms with E-state index in [9.17, 15) is 0 Å². The molecule has 1 aromatic rings. The van der Waals surface area contributed by atoms with Crippen LogP contribution in [-0.2, 0) is 6.42 Å². The Morgan fingerprint density at radius 3 is 2.33 bits per heavy atom. The van der Waals surface area contributed by atoms with Crippen molar-refractivity contribution >= 4 is 0 Å². The van der Waals surface area contributed by atoms with E-state index in [-0.39, 0.29) is 0 Å². The van der Waals surface area contributed by atoms with Gasteiger partial charge >= 0.3 is 0 Å². The van der Waals surface area contributed by atoms with Gasteiger partial charge in [-0.1, -0.05) is 39.3 Å². The Kier molecular flexibility index (Phi) is 6.81. The van der Waals surface area contributed by atoms with Gasteiger partial charge in [0.25, 0.3) is 0 Å². The van der Waals surface area contributed by atoms with Gasteiger partial charge in [0, 0.05) is 6.04 Å². The largest absolute Gasteiger partial charge is 0.497 e. The number of methoxy groups -OCH3 is 1. The van der Waals surface area contributed by atoms with Crippen LogP contribution in [0.3, 0.4) is 0 Å². The number of rotatable bonds is 8. The maximum absolute atomic E-state index is 5.19. The van der Waals surface area contributed by atoms with Crippen LogP contribution in [0.5, 0.6) is 5.75 Å². The van der Waals surface area contributed by atoms with E-state index in [0.717, 1.165) is 24.6 Å². The van der Waals surface area contributed by atoms with Crippen LogP contribution >= 0.6 is 0 Å². The zero-order valence-corrected chi connectivity index (χ0v) is 12.2. The molecule has 0 heterocycles. The van der Waals surface area contributed by atoms with Crippen LogP contribution in [0.25, 0.3) is 0 Å². The summed E-state index contributed by atoms with van der Waals surface area (Å²) < 4.78 is 5.19. The van der Waals surface area contributed by atoms with Gasteiger partial charge in [-0.2, -0.15) is 0 Å². The maximum atomic E-state index is 5.19. The maximum Gasteiger partial charge on any atom is 0.118 e. The Hall–Kier alpha value is -1.02. The summed E-state index contributed by atoms with van der Waals surface area (Å²) >= 11 is 0. The number of hydrogen-bond acceptors (Lipinski definition) is 2. The normalized spacial score (nSPS) is 14.2. The average molecular weight is 249 g/mol. The fourth-order valence-electron chi connectivity index (χ4n) is 2.23. The molecule has 18 heavy (non-hydrogen) atoms. The Morgan fingerprint density at radius 2 is 1.83 bits per heavy atom. The second-order valence-corrected chi connectivity index (χ2v) is 5.06. The van der Waals surface area contributed by atoms with Gasteiger partial charge in [-0.3, -0.25) is 0 Å². The number of ether oxygens (including phenoxy) is 1. The molecule has 1 N–H and O–H groups in total. The highest BCUT2D eigenvalue weighted by molar-refractivity contribution is 5.27. The summed E-state index contributed by atoms with van der Waals surface area (Å²) in [4.78, 5) is 0. The van der Waals surface area contributed by atoms with Gasteiger partial charge in [0.1, 0.15) is 5.75 Å². The molecule has 102 valence electrons. The predicted molar refractivity (Wildman–Crippen MR) is 78.2 cm³/mol. The molecule has 0 saturated heterocycles. The molecule has 1 rings (SSSR count). The smallest absolute Gasteiger partial charge is 0.118 e. The van der Waals surface area contributed by atoms with Crippen molar-refractivity contribution in [2.45, 2.75) is 46.1 Å². The average Bonchev–Trinajstić information content (AvgIpc) is 2.39. The summed E-state index contributed by atoms with van der Waals surface area (Å²) in [6, 6.07) is 9.00. The molecule has 2 heteroatoms. The van der Waals surface area contributed by atoms with Crippen molar-refractivity contribution in [3.63, 3.8) is 0 Å². The third kappa shape index (κ3) is 5.09. The predicted octanol–water partition coefficient (Wildman–Crippen LogP) is 3.65. The summed E-state index contributed by atoms with van der Waals surface area (Å²) in [6.45, 7) is 7.81. The molecule has 0 bridgehead atoms. The van der Waals surface area contributed by atoms with Gasteiger partial charge < -0.3 is 10.1 Å². The van der Waals surface area contributed by atoms with E-state index in [0.29, 0.717) is 6.04 Å². The molecule has 0 saturated carbocycles. The van der Waals surface area contributed by atoms with Gasteiger partial charge in [-0.15, -0.1) is 0 Å². The van der Waals surface area contributed by atoms with E-state index in [1.807, 2.05) is 12.1 Å². The van der Waals surface area contributed by atoms with Crippen LogP contribution in [0.2, 0.25) is 0 Å². The number of likely N-dealkylation sites (N-methyl/N-ethyl adjacent to an activating group) is 1. The Balaban J connectivity index is 2.58. The minimum Gasteiger partial charge on any atom is -0.497 e. The summed E-state index contributed by atoms with van der Waals surface area (Å²) in [5.74, 6) is 1.72. The molecule has 0 amide bonds. The quantitative estimate of drug-likeness (QED) is 0.759. The number of benzene rings is 1. The molecule has 2 nitrogen and oxygen atoms in total. The first-order valence-corrected chi connectivity index (χ1v) is 7.05. The third-order valence-corrected chi connectivity index (χ3v) is 3.52. The Morgan fingerprint density at radius 1 is 1.17 bits per heavy atom. The van der Waals surface area contributed by atoms with Crippen molar-refractivity contribution in [3.05, 3.63) is 29.8 Å². The fourth-order valence-corrected chi connectivity index (χ4v) is 2.23. The van der Waals surface area contributed by atoms with Crippen molar-refractivity contribution in [2.24, 2.45) is 5.92 Å². The van der Waals surface area contributed by atoms with E-state index in [2.05, 4.69) is 38.2 Å². The summed E-state index contributed by atoms with van der Waals surface area (Å²) in [5, 5.41) is 3.59. The van der Waals surface area contributed by atoms with Gasteiger partial charge in [-0.05, 0) is 43.0 Å². The lowest BCUT2D eigenvalue weighted by atomic mass is 9.94. The molecule has 1 aromatic carbocycles. The van der Waals surface area contributed by atoms with Crippen molar-refractivity contribution in [1.29, 1.82) is 0 Å². The van der Waals surface area contributed by atoms with E-state index in [4.69, 9.17) is 4.74 Å². The van der Waals surface area contributed by atoms with Crippen LogP contribution in [-0.4, -0.2) is 19.7 Å². The summed E-state index contributed by atoms with van der Waals surface area (Å²) in [7, 11) is 1.71. The monoisotopic (exact) mass is 249 g/mol. The van der Waals surface area contributed by atoms with Gasteiger partial charge in [-0.25, -0.2) is 0 Å². The highest BCUT2D eigenvalue weighted by atomic mass is 16.5. The van der Waals surface area contributed by atoms with Gasteiger partial charge in [0.15, 0.2) is 0 Å². The molecular formula is C16H27NO. The lowest BCUT2D eigenvalue weighted by Crippen LogP contribution is -2.32. The molecule has 0 aromatic heterocycles. The first-order chi connectivity index (χ1) is 8.69. The Labute approximate surface area is 112 Å². The van der Waals surface area contributed by atoms with E-state index >= 15 is 0 Å². The lowest BCUT2D eigenvalue weighted by molar-refractivity contribution is 0.396. The van der Waals surface area contributed by atoms with Crippen LogP contribution in [0.4, 0.5) is 0 Å². The van der Waals surface area contributed by atoms with Gasteiger partial charge in [0.2, 0.25) is 0 Å². The molecule has 0 aliphatic rings. The lowest BCUT2D eigenvalue weighted by Gasteiger charge is -2.21. The van der Waals surface area contributed by atoms with Crippen molar-refractivity contribution in [2.75, 3.05) is 13.7 Å². The fraction of sp³-hybridized carbons (Fsp3) is 0.625. The highest BCUT2D eigenvalue weighted by Gasteiger charge is 2.12. The van der Waals surface area contributed by atoms with Crippen molar-refractivity contribution in [1.82, 2.24) is 5.32 Å². The molecule has 0 aliphatic carbocycles. The number of hydrogen-bond donors (Lipinski definition) is 1. The van der Waals surface area contributed by atoms with Crippen LogP contribution < -0.4 is 10.1 Å². The molecule has 2 atom stereocenters. The number of nitrogens with one attached hydrogen (secondary N) is 1. The van der Waals surface area contributed by atoms with E-state index < -0.39 is 0 Å². The van der Waals surface area contributed by atoms with E-state index in [1.165, 1.54) is 18.4 Å². The second kappa shape index (κ2) is 8.15.